The summed E-state index contributed by atoms with van der Waals surface area (Å²) in [4.78, 5) is 35.0. The molecule has 0 aromatic heterocycles. The van der Waals surface area contributed by atoms with Crippen LogP contribution in [0.4, 0.5) is 4.79 Å². The number of benzene rings is 1. The molecule has 0 bridgehead atoms. The molecule has 150 valence electrons. The van der Waals surface area contributed by atoms with Crippen LogP contribution in [0.5, 0.6) is 0 Å². The molecule has 1 heterocycles. The van der Waals surface area contributed by atoms with Crippen molar-refractivity contribution >= 4 is 19.4 Å². The molecule has 27 heavy (non-hydrogen) atoms. The van der Waals surface area contributed by atoms with Crippen molar-refractivity contribution in [1.82, 2.24) is 0 Å². The quantitative estimate of drug-likeness (QED) is 0.392. The molecule has 2 N–H and O–H groups in total. The van der Waals surface area contributed by atoms with Gasteiger partial charge in [-0.1, -0.05) is 30.3 Å². The first-order valence-corrected chi connectivity index (χ1v) is 11.7. The van der Waals surface area contributed by atoms with Crippen molar-refractivity contribution in [2.75, 3.05) is 18.9 Å². The Labute approximate surface area is 161 Å². The maximum Gasteiger partial charge on any atom is 0.521 e. The van der Waals surface area contributed by atoms with Crippen molar-refractivity contribution in [2.45, 2.75) is 52.0 Å². The fourth-order valence-electron chi connectivity index (χ4n) is 4.11. The first kappa shape index (κ1) is 21.8. The second-order valence-corrected chi connectivity index (χ2v) is 10.3. The van der Waals surface area contributed by atoms with E-state index in [2.05, 4.69) is 0 Å². The Balaban J connectivity index is 1.89. The number of aryl methyl sites for hydroxylation is 1. The van der Waals surface area contributed by atoms with Gasteiger partial charge in [-0.25, -0.2) is 4.79 Å². The molecular weight excluding hydrogens is 365 g/mol. The number of rotatable bonds is 8. The van der Waals surface area contributed by atoms with Gasteiger partial charge in [-0.05, 0) is 38.7 Å². The summed E-state index contributed by atoms with van der Waals surface area (Å²) in [5.74, 6) is -1.18. The van der Waals surface area contributed by atoms with Gasteiger partial charge in [0.15, 0.2) is 0 Å². The molecule has 6 nitrogen and oxygen atoms in total. The van der Waals surface area contributed by atoms with Gasteiger partial charge in [0.25, 0.3) is 0 Å². The summed E-state index contributed by atoms with van der Waals surface area (Å²) < 4.78 is 12.0. The van der Waals surface area contributed by atoms with E-state index < -0.39 is 29.8 Å². The van der Waals surface area contributed by atoms with E-state index in [4.69, 9.17) is 0 Å². The summed E-state index contributed by atoms with van der Waals surface area (Å²) in [6.45, 7) is 3.63. The minimum absolute atomic E-state index is 0.142. The van der Waals surface area contributed by atoms with Gasteiger partial charge in [-0.15, -0.1) is 0 Å². The lowest BCUT2D eigenvalue weighted by molar-refractivity contribution is -0.793. The van der Waals surface area contributed by atoms with Crippen LogP contribution in [-0.4, -0.2) is 51.4 Å². The van der Waals surface area contributed by atoms with Crippen LogP contribution in [0.25, 0.3) is 0 Å². The van der Waals surface area contributed by atoms with E-state index in [9.17, 15) is 24.2 Å². The van der Waals surface area contributed by atoms with E-state index in [0.29, 0.717) is 19.3 Å². The third kappa shape index (κ3) is 5.28. The van der Waals surface area contributed by atoms with Gasteiger partial charge in [-0.2, -0.15) is 9.28 Å². The Morgan fingerprint density at radius 2 is 1.93 bits per heavy atom. The molecule has 0 aliphatic carbocycles. The molecule has 4 atom stereocenters. The zero-order chi connectivity index (χ0) is 20.1. The van der Waals surface area contributed by atoms with E-state index in [1.54, 1.807) is 13.8 Å². The molecule has 7 heteroatoms. The van der Waals surface area contributed by atoms with Gasteiger partial charge in [-0.3, -0.25) is 4.57 Å². The lowest BCUT2D eigenvalue weighted by Gasteiger charge is -2.32. The van der Waals surface area contributed by atoms with Gasteiger partial charge in [0.1, 0.15) is 6.04 Å². The highest BCUT2D eigenvalue weighted by Crippen LogP contribution is 2.44. The maximum atomic E-state index is 12.9. The van der Waals surface area contributed by atoms with Crippen molar-refractivity contribution in [3.63, 3.8) is 0 Å². The number of carbonyl (C=O) groups is 2. The molecule has 1 aromatic rings. The minimum atomic E-state index is -3.47. The van der Waals surface area contributed by atoms with Crippen molar-refractivity contribution in [1.29, 1.82) is 0 Å². The molecule has 1 aliphatic heterocycles. The Kier molecular flexibility index (Phi) is 7.38. The molecule has 0 spiro atoms. The minimum Gasteiger partial charge on any atom is -0.435 e. The number of unbranched alkanes of at least 4 members (excludes halogenated alkanes) is 1. The zero-order valence-electron chi connectivity index (χ0n) is 16.2. The van der Waals surface area contributed by atoms with Crippen LogP contribution in [0.15, 0.2) is 30.3 Å². The van der Waals surface area contributed by atoms with Gasteiger partial charge in [0.2, 0.25) is 7.37 Å². The summed E-state index contributed by atoms with van der Waals surface area (Å²) in [6, 6.07) is 9.68. The van der Waals surface area contributed by atoms with Crippen molar-refractivity contribution in [3.05, 3.63) is 35.9 Å². The molecule has 2 rings (SSSR count). The summed E-state index contributed by atoms with van der Waals surface area (Å²) in [5, 5.41) is 9.65. The molecule has 1 aromatic carbocycles. The Hall–Kier alpha value is -1.49. The van der Waals surface area contributed by atoms with Crippen molar-refractivity contribution in [3.8, 4) is 0 Å². The van der Waals surface area contributed by atoms with Crippen LogP contribution in [0.2, 0.25) is 0 Å². The normalized spacial score (nSPS) is 25.7. The molecule has 1 fully saturated rings. The maximum absolute atomic E-state index is 12.9. The summed E-state index contributed by atoms with van der Waals surface area (Å²) in [5.41, 5.74) is 1.20. The number of carboxylic acid groups (broad SMARTS) is 1. The lowest BCUT2D eigenvalue weighted by atomic mass is 10.1. The van der Waals surface area contributed by atoms with E-state index in [-0.39, 0.29) is 24.9 Å². The third-order valence-corrected chi connectivity index (χ3v) is 7.80. The number of hydrogen-bond donors (Lipinski definition) is 2. The van der Waals surface area contributed by atoms with Crippen molar-refractivity contribution < 1.29 is 28.6 Å². The van der Waals surface area contributed by atoms with Crippen molar-refractivity contribution in [2.24, 2.45) is 5.92 Å². The molecule has 2 amide bonds. The second-order valence-electron chi connectivity index (χ2n) is 7.80. The largest absolute Gasteiger partial charge is 0.521 e. The molecule has 1 aliphatic rings. The molecule has 3 unspecified atom stereocenters. The second kappa shape index (κ2) is 9.13. The van der Waals surface area contributed by atoms with Crippen LogP contribution < -0.4 is 0 Å². The number of imide groups is 1. The number of likely N-dealkylation sites (tertiary alicyclic amines) is 1. The summed E-state index contributed by atoms with van der Waals surface area (Å²) >= 11 is 0. The monoisotopic (exact) mass is 396 g/mol. The smallest absolute Gasteiger partial charge is 0.435 e. The Morgan fingerprint density at radius 3 is 2.48 bits per heavy atom. The Morgan fingerprint density at radius 1 is 1.26 bits per heavy atom. The van der Waals surface area contributed by atoms with E-state index in [1.807, 2.05) is 30.3 Å². The van der Waals surface area contributed by atoms with Gasteiger partial charge >= 0.3 is 12.0 Å². The molecular formula is C20H31NO5P+. The standard InChI is InChI=1S/C20H30NO5P/c1-16(19(22)21(20(23)24)13-8-9-17(21)2)15-27(25,26)14-7-6-12-18-10-4-3-5-11-18/h3-5,10-11,16-17H,6-9,12-15H2,1-2H3,(H-,23,24,25,26)/p+1/t16?,17-,21?/m1/s1. The number of nitrogens with zero attached hydrogens (tertiary/aromatic N) is 1. The highest BCUT2D eigenvalue weighted by molar-refractivity contribution is 7.58. The Bertz CT molecular complexity index is 708. The van der Waals surface area contributed by atoms with Crippen LogP contribution in [0.1, 0.15) is 45.1 Å². The topological polar surface area (TPSA) is 91.7 Å². The average molecular weight is 396 g/mol. The number of hydrogen-bond acceptors (Lipinski definition) is 3. The number of quaternary nitrogens is 1. The van der Waals surface area contributed by atoms with Gasteiger partial charge in [0, 0.05) is 25.2 Å². The van der Waals surface area contributed by atoms with Crippen LogP contribution in [-0.2, 0) is 15.8 Å². The first-order valence-electron chi connectivity index (χ1n) is 9.69. The van der Waals surface area contributed by atoms with Crippen LogP contribution >= 0.6 is 7.37 Å². The van der Waals surface area contributed by atoms with E-state index in [0.717, 1.165) is 12.8 Å². The molecule has 0 radical (unpaired) electrons. The number of carbonyl (C=O) groups excluding carboxylic acids is 1. The zero-order valence-corrected chi connectivity index (χ0v) is 17.1. The van der Waals surface area contributed by atoms with Gasteiger partial charge < -0.3 is 10.00 Å². The average Bonchev–Trinajstić information content (AvgIpc) is 3.01. The molecule has 0 saturated carbocycles. The van der Waals surface area contributed by atoms with E-state index >= 15 is 0 Å². The fourth-order valence-corrected chi connectivity index (χ4v) is 6.02. The SMILES string of the molecule is CC(CP(=O)(O)CCCCc1ccccc1)C(=O)[N+]1(C(=O)O)CCC[C@H]1C. The lowest BCUT2D eigenvalue weighted by Crippen LogP contribution is -2.60. The van der Waals surface area contributed by atoms with Crippen LogP contribution in [0.3, 0.4) is 0 Å². The summed E-state index contributed by atoms with van der Waals surface area (Å²) in [6.07, 6.45) is 2.52. The van der Waals surface area contributed by atoms with Crippen LogP contribution in [0, 0.1) is 5.92 Å². The predicted octanol–water partition coefficient (Wildman–Crippen LogP) is 4.12. The highest BCUT2D eigenvalue weighted by Gasteiger charge is 2.54. The summed E-state index contributed by atoms with van der Waals surface area (Å²) in [7, 11) is -3.47. The first-order chi connectivity index (χ1) is 12.7. The van der Waals surface area contributed by atoms with Gasteiger partial charge in [0.05, 0.1) is 12.5 Å². The molecule has 1 saturated heterocycles. The fraction of sp³-hybridized carbons (Fsp3) is 0.600. The third-order valence-electron chi connectivity index (χ3n) is 5.67. The highest BCUT2D eigenvalue weighted by atomic mass is 31.2. The van der Waals surface area contributed by atoms with E-state index in [1.165, 1.54) is 5.56 Å². The number of amides is 2. The predicted molar refractivity (Wildman–Crippen MR) is 105 cm³/mol.